The highest BCUT2D eigenvalue weighted by Crippen LogP contribution is 2.60. The van der Waals surface area contributed by atoms with Crippen LogP contribution >= 0.6 is 23.2 Å². The number of nitrogens with two attached hydrogens (primary N) is 1. The van der Waals surface area contributed by atoms with E-state index in [4.69, 9.17) is 33.7 Å². The monoisotopic (exact) mass is 610 g/mol. The summed E-state index contributed by atoms with van der Waals surface area (Å²) in [5.41, 5.74) is 9.57. The minimum atomic E-state index is -1.20. The number of benzene rings is 3. The lowest BCUT2D eigenvalue weighted by atomic mass is 9.73. The fourth-order valence-corrected chi connectivity index (χ4v) is 7.83. The summed E-state index contributed by atoms with van der Waals surface area (Å²) in [6.07, 6.45) is 0.620. The van der Waals surface area contributed by atoms with Crippen molar-refractivity contribution in [2.45, 2.75) is 56.8 Å². The van der Waals surface area contributed by atoms with E-state index in [9.17, 15) is 9.59 Å². The molecule has 4 N–H and O–H groups in total. The Morgan fingerprint density at radius 1 is 1.19 bits per heavy atom. The minimum absolute atomic E-state index is 0.00376. The summed E-state index contributed by atoms with van der Waals surface area (Å²) in [5.74, 6) is -1.61. The Kier molecular flexibility index (Phi) is 7.25. The van der Waals surface area contributed by atoms with E-state index in [1.807, 2.05) is 19.1 Å². The summed E-state index contributed by atoms with van der Waals surface area (Å²) in [5, 5.41) is 7.33. The molecule has 3 aliphatic rings. The van der Waals surface area contributed by atoms with E-state index >= 15 is 4.39 Å². The highest BCUT2D eigenvalue weighted by atomic mass is 35.5. The van der Waals surface area contributed by atoms with E-state index in [0.717, 1.165) is 16.7 Å². The first kappa shape index (κ1) is 28.9. The lowest BCUT2D eigenvalue weighted by Crippen LogP contribution is -2.53. The Hall–Kier alpha value is -3.17. The molecule has 3 heterocycles. The predicted molar refractivity (Wildman–Crippen MR) is 162 cm³/mol. The maximum absolute atomic E-state index is 16.0. The molecule has 3 aliphatic heterocycles. The van der Waals surface area contributed by atoms with E-state index in [-0.39, 0.29) is 35.0 Å². The van der Waals surface area contributed by atoms with Gasteiger partial charge in [-0.05, 0) is 60.2 Å². The Balaban J connectivity index is 1.53. The first-order valence-corrected chi connectivity index (χ1v) is 14.8. The summed E-state index contributed by atoms with van der Waals surface area (Å²) < 4.78 is 20.9. The molecule has 1 spiro atoms. The molecule has 10 heteroatoms. The second-order valence-corrected chi connectivity index (χ2v) is 12.8. The van der Waals surface area contributed by atoms with E-state index in [1.165, 1.54) is 13.2 Å². The number of carbonyl (C=O) groups excluding carboxylic acids is 2. The Morgan fingerprint density at radius 2 is 1.95 bits per heavy atom. The van der Waals surface area contributed by atoms with Crippen LogP contribution in [0.15, 0.2) is 48.5 Å². The van der Waals surface area contributed by atoms with Crippen LogP contribution in [-0.4, -0.2) is 42.5 Å². The molecule has 0 saturated carbocycles. The van der Waals surface area contributed by atoms with Gasteiger partial charge in [0.1, 0.15) is 11.4 Å². The number of nitrogens with one attached hydrogen (secondary N) is 2. The maximum Gasteiger partial charge on any atom is 0.338 e. The fraction of sp³-hybridized carbons (Fsp3) is 0.375. The van der Waals surface area contributed by atoms with E-state index in [2.05, 4.69) is 29.4 Å². The molecule has 3 aromatic carbocycles. The zero-order valence-corrected chi connectivity index (χ0v) is 25.3. The smallest absolute Gasteiger partial charge is 0.338 e. The van der Waals surface area contributed by atoms with Crippen LogP contribution in [0, 0.1) is 18.7 Å². The number of aryl methyl sites for hydroxylation is 1. The number of esters is 1. The van der Waals surface area contributed by atoms with Crippen molar-refractivity contribution in [3.05, 3.63) is 92.2 Å². The molecule has 0 aliphatic carbocycles. The number of anilines is 2. The molecule has 3 aromatic rings. The van der Waals surface area contributed by atoms with Gasteiger partial charge >= 0.3 is 5.97 Å². The van der Waals surface area contributed by atoms with Crippen molar-refractivity contribution in [2.75, 3.05) is 24.7 Å². The normalized spacial score (nSPS) is 26.5. The van der Waals surface area contributed by atoms with Crippen LogP contribution in [0.5, 0.6) is 0 Å². The average molecular weight is 612 g/mol. The van der Waals surface area contributed by atoms with Crippen molar-refractivity contribution in [3.63, 3.8) is 0 Å². The number of ether oxygens (including phenoxy) is 1. The molecule has 1 unspecified atom stereocenters. The van der Waals surface area contributed by atoms with Gasteiger partial charge in [0.05, 0.1) is 17.7 Å². The van der Waals surface area contributed by atoms with Gasteiger partial charge in [-0.15, -0.1) is 0 Å². The highest BCUT2D eigenvalue weighted by molar-refractivity contribution is 6.31. The van der Waals surface area contributed by atoms with Crippen LogP contribution < -0.4 is 16.4 Å². The molecule has 220 valence electrons. The number of nitrogens with zero attached hydrogens (tertiary/aromatic N) is 1. The van der Waals surface area contributed by atoms with Crippen molar-refractivity contribution in [1.29, 1.82) is 0 Å². The molecule has 0 bridgehead atoms. The average Bonchev–Trinajstić information content (AvgIpc) is 3.56. The summed E-state index contributed by atoms with van der Waals surface area (Å²) in [6, 6.07) is 13.3. The summed E-state index contributed by atoms with van der Waals surface area (Å²) in [6.45, 7) is 6.66. The van der Waals surface area contributed by atoms with Gasteiger partial charge in [0, 0.05) is 52.5 Å². The van der Waals surface area contributed by atoms with Crippen LogP contribution in [0.25, 0.3) is 0 Å². The lowest BCUT2D eigenvalue weighted by molar-refractivity contribution is -0.128. The van der Waals surface area contributed by atoms with Gasteiger partial charge < -0.3 is 21.1 Å². The highest BCUT2D eigenvalue weighted by Gasteiger charge is 2.68. The minimum Gasteiger partial charge on any atom is -0.465 e. The summed E-state index contributed by atoms with van der Waals surface area (Å²) >= 11 is 12.7. The number of methoxy groups -OCH3 is 1. The van der Waals surface area contributed by atoms with Gasteiger partial charge in [-0.2, -0.15) is 0 Å². The van der Waals surface area contributed by atoms with Crippen molar-refractivity contribution < 1.29 is 18.7 Å². The molecule has 7 nitrogen and oxygen atoms in total. The third-order valence-electron chi connectivity index (χ3n) is 9.02. The van der Waals surface area contributed by atoms with E-state index in [0.29, 0.717) is 40.5 Å². The van der Waals surface area contributed by atoms with Gasteiger partial charge in [-0.25, -0.2) is 9.18 Å². The van der Waals surface area contributed by atoms with Crippen molar-refractivity contribution in [1.82, 2.24) is 10.2 Å². The molecule has 5 atom stereocenters. The number of halogens is 3. The second kappa shape index (κ2) is 10.5. The Morgan fingerprint density at radius 3 is 2.67 bits per heavy atom. The molecule has 0 radical (unpaired) electrons. The fourth-order valence-electron chi connectivity index (χ4n) is 7.47. The zero-order valence-electron chi connectivity index (χ0n) is 23.8. The number of hydrogen-bond donors (Lipinski definition) is 3. The van der Waals surface area contributed by atoms with Gasteiger partial charge in [0.25, 0.3) is 0 Å². The molecule has 2 saturated heterocycles. The number of rotatable bonds is 5. The lowest BCUT2D eigenvalue weighted by Gasteiger charge is -2.41. The first-order valence-electron chi connectivity index (χ1n) is 14.1. The number of fused-ring (bicyclic) bond motifs is 3. The molecular weight excluding hydrogens is 578 g/mol. The Labute approximate surface area is 254 Å². The number of carbonyl (C=O) groups is 2. The molecular formula is C32H33Cl2FN4O3. The van der Waals surface area contributed by atoms with E-state index in [1.54, 1.807) is 30.3 Å². The van der Waals surface area contributed by atoms with Crippen LogP contribution in [-0.2, 0) is 15.1 Å². The molecule has 2 fully saturated rings. The third kappa shape index (κ3) is 4.22. The van der Waals surface area contributed by atoms with Crippen molar-refractivity contribution in [3.8, 4) is 0 Å². The number of likely N-dealkylation sites (tertiary alicyclic amines) is 1. The van der Waals surface area contributed by atoms with Crippen LogP contribution in [0.4, 0.5) is 15.8 Å². The van der Waals surface area contributed by atoms with Crippen LogP contribution in [0.1, 0.15) is 64.8 Å². The van der Waals surface area contributed by atoms with Crippen molar-refractivity contribution >= 4 is 46.5 Å². The Bertz CT molecular complexity index is 1610. The molecule has 1 amide bonds. The maximum atomic E-state index is 16.0. The van der Waals surface area contributed by atoms with Crippen molar-refractivity contribution in [2.24, 2.45) is 5.92 Å². The topological polar surface area (TPSA) is 96.7 Å². The summed E-state index contributed by atoms with van der Waals surface area (Å²) in [7, 11) is 1.34. The standard InChI is InChI=1S/C32H33Cl2FN4O3/c1-15(2)14-39-26-13-24(20-10-16(3)19(12-23(20)36)30(40)42-4)37-29(26)27(18-6-5-7-22(34)28(18)35)32(39)21-9-8-17(33)11-25(21)38-31(32)41/h5-12,15,24,26-27,29,37H,13-14,36H2,1-4H3,(H,38,41)/t24?,26-,27-,29+,32+/m0/s1. The number of nitrogen functional groups attached to an aromatic ring is 1. The van der Waals surface area contributed by atoms with E-state index < -0.39 is 23.2 Å². The SMILES string of the molecule is COC(=O)c1cc(N)c(C2C[C@H]3[C@@H](N2)[C@H](c2cccc(Cl)c2F)[C@]2(C(=O)Nc4cc(Cl)ccc42)N3CC(C)C)cc1C. The summed E-state index contributed by atoms with van der Waals surface area (Å²) in [4.78, 5) is 28.8. The van der Waals surface area contributed by atoms with Gasteiger partial charge in [-0.3, -0.25) is 9.69 Å². The second-order valence-electron chi connectivity index (χ2n) is 11.9. The van der Waals surface area contributed by atoms with Gasteiger partial charge in [0.2, 0.25) is 5.91 Å². The first-order chi connectivity index (χ1) is 20.0. The number of hydrogen-bond acceptors (Lipinski definition) is 6. The van der Waals surface area contributed by atoms with Crippen LogP contribution in [0.3, 0.4) is 0 Å². The molecule has 42 heavy (non-hydrogen) atoms. The largest absolute Gasteiger partial charge is 0.465 e. The zero-order chi connectivity index (χ0) is 30.1. The quantitative estimate of drug-likeness (QED) is 0.236. The van der Waals surface area contributed by atoms with Gasteiger partial charge in [-0.1, -0.05) is 61.3 Å². The van der Waals surface area contributed by atoms with Gasteiger partial charge in [0.15, 0.2) is 0 Å². The van der Waals surface area contributed by atoms with Crippen LogP contribution in [0.2, 0.25) is 10.0 Å². The molecule has 6 rings (SSSR count). The third-order valence-corrected chi connectivity index (χ3v) is 9.55. The molecule has 0 aromatic heterocycles. The predicted octanol–water partition coefficient (Wildman–Crippen LogP) is 6.18. The number of amides is 1.